The number of amides is 2. The molecule has 1 heterocycles. The third kappa shape index (κ3) is 4.80. The van der Waals surface area contributed by atoms with Crippen LogP contribution in [-0.4, -0.2) is 42.5 Å². The molecule has 0 bridgehead atoms. The molecule has 0 saturated heterocycles. The van der Waals surface area contributed by atoms with Gasteiger partial charge < -0.3 is 14.8 Å². The van der Waals surface area contributed by atoms with E-state index in [1.54, 1.807) is 19.3 Å². The summed E-state index contributed by atoms with van der Waals surface area (Å²) in [5.74, 6) is 0.963. The van der Waals surface area contributed by atoms with Crippen molar-refractivity contribution >= 4 is 21.7 Å². The fourth-order valence-corrected chi connectivity index (χ4v) is 2.74. The highest BCUT2D eigenvalue weighted by atomic mass is 32.2. The molecule has 1 aromatic carbocycles. The van der Waals surface area contributed by atoms with Gasteiger partial charge in [0.05, 0.1) is 4.90 Å². The zero-order valence-corrected chi connectivity index (χ0v) is 14.5. The summed E-state index contributed by atoms with van der Waals surface area (Å²) in [6, 6.07) is 5.52. The van der Waals surface area contributed by atoms with Gasteiger partial charge in [-0.25, -0.2) is 23.3 Å². The van der Waals surface area contributed by atoms with E-state index in [2.05, 4.69) is 10.3 Å². The number of hydrogen-bond acceptors (Lipinski definition) is 4. The summed E-state index contributed by atoms with van der Waals surface area (Å²) in [6.07, 6.45) is 5.16. The highest BCUT2D eigenvalue weighted by Gasteiger charge is 2.12. The van der Waals surface area contributed by atoms with Crippen molar-refractivity contribution in [2.75, 3.05) is 18.9 Å². The number of carbonyl (C=O) groups is 1. The quantitative estimate of drug-likeness (QED) is 0.813. The monoisotopic (exact) mass is 351 g/mol. The minimum absolute atomic E-state index is 0.0438. The van der Waals surface area contributed by atoms with Crippen LogP contribution in [0.5, 0.6) is 0 Å². The van der Waals surface area contributed by atoms with Crippen LogP contribution in [-0.2, 0) is 23.5 Å². The number of carbonyl (C=O) groups excluding carboxylic acids is 1. The molecule has 2 amide bonds. The van der Waals surface area contributed by atoms with Crippen LogP contribution >= 0.6 is 0 Å². The van der Waals surface area contributed by atoms with Gasteiger partial charge in [0.2, 0.25) is 10.0 Å². The maximum Gasteiger partial charge on any atom is 0.321 e. The van der Waals surface area contributed by atoms with E-state index in [1.807, 2.05) is 17.8 Å². The number of nitrogens with zero attached hydrogens (tertiary/aromatic N) is 3. The Bertz CT molecular complexity index is 816. The number of imidazole rings is 1. The number of nitrogens with one attached hydrogen (secondary N) is 1. The molecular weight excluding hydrogens is 330 g/mol. The molecule has 2 aromatic rings. The second kappa shape index (κ2) is 7.45. The highest BCUT2D eigenvalue weighted by Crippen LogP contribution is 2.14. The average molecular weight is 351 g/mol. The molecule has 0 aliphatic carbocycles. The van der Waals surface area contributed by atoms with Crippen molar-refractivity contribution in [1.29, 1.82) is 0 Å². The van der Waals surface area contributed by atoms with Crippen molar-refractivity contribution < 1.29 is 13.2 Å². The van der Waals surface area contributed by atoms with Crippen LogP contribution in [0, 0.1) is 0 Å². The number of nitrogens with two attached hydrogens (primary N) is 1. The van der Waals surface area contributed by atoms with Crippen LogP contribution in [0.4, 0.5) is 10.5 Å². The zero-order valence-electron chi connectivity index (χ0n) is 13.6. The van der Waals surface area contributed by atoms with Crippen molar-refractivity contribution in [2.45, 2.75) is 17.7 Å². The van der Waals surface area contributed by atoms with Crippen molar-refractivity contribution in [1.82, 2.24) is 14.5 Å². The predicted molar refractivity (Wildman–Crippen MR) is 91.0 cm³/mol. The van der Waals surface area contributed by atoms with Gasteiger partial charge in [-0.1, -0.05) is 6.07 Å². The van der Waals surface area contributed by atoms with E-state index < -0.39 is 10.0 Å². The van der Waals surface area contributed by atoms with Crippen LogP contribution in [0.25, 0.3) is 0 Å². The first-order chi connectivity index (χ1) is 11.3. The fourth-order valence-electron chi connectivity index (χ4n) is 2.18. The van der Waals surface area contributed by atoms with Crippen molar-refractivity contribution in [3.63, 3.8) is 0 Å². The van der Waals surface area contributed by atoms with E-state index in [0.717, 1.165) is 18.7 Å². The number of anilines is 1. The van der Waals surface area contributed by atoms with Gasteiger partial charge in [-0.2, -0.15) is 0 Å². The van der Waals surface area contributed by atoms with Gasteiger partial charge in [0, 0.05) is 45.1 Å². The van der Waals surface area contributed by atoms with Gasteiger partial charge in [0.1, 0.15) is 5.82 Å². The number of rotatable bonds is 6. The van der Waals surface area contributed by atoms with Crippen LogP contribution in [0.1, 0.15) is 12.2 Å². The number of aryl methyl sites for hydroxylation is 2. The smallest absolute Gasteiger partial charge is 0.321 e. The Balaban J connectivity index is 1.88. The Labute approximate surface area is 141 Å². The molecule has 1 aromatic heterocycles. The number of aromatic nitrogens is 2. The third-order valence-corrected chi connectivity index (χ3v) is 4.49. The molecule has 2 rings (SSSR count). The lowest BCUT2D eigenvalue weighted by molar-refractivity contribution is 0.222. The number of hydrogen-bond donors (Lipinski definition) is 2. The minimum atomic E-state index is -3.80. The molecule has 0 saturated carbocycles. The number of urea groups is 1. The normalized spacial score (nSPS) is 11.3. The fraction of sp³-hybridized carbons (Fsp3) is 0.333. The molecule has 0 unspecified atom stereocenters. The Hall–Kier alpha value is -2.39. The lowest BCUT2D eigenvalue weighted by Crippen LogP contribution is -2.32. The van der Waals surface area contributed by atoms with Gasteiger partial charge >= 0.3 is 6.03 Å². The van der Waals surface area contributed by atoms with Crippen LogP contribution in [0.3, 0.4) is 0 Å². The van der Waals surface area contributed by atoms with E-state index in [0.29, 0.717) is 12.2 Å². The first kappa shape index (κ1) is 18.0. The standard InChI is InChI=1S/C15H21N5O3S/c1-19-10-8-17-14(19)7-4-9-20(2)15(21)18-12-5-3-6-13(11-12)24(16,22)23/h3,5-6,8,10-11H,4,7,9H2,1-2H3,(H,18,21)(H2,16,22,23). The summed E-state index contributed by atoms with van der Waals surface area (Å²) >= 11 is 0. The molecule has 0 spiro atoms. The molecule has 130 valence electrons. The zero-order chi connectivity index (χ0) is 17.7. The lowest BCUT2D eigenvalue weighted by Gasteiger charge is -2.18. The molecule has 3 N–H and O–H groups in total. The second-order valence-electron chi connectivity index (χ2n) is 5.48. The summed E-state index contributed by atoms with van der Waals surface area (Å²) in [4.78, 5) is 17.9. The Morgan fingerprint density at radius 1 is 1.42 bits per heavy atom. The van der Waals surface area contributed by atoms with Gasteiger partial charge in [0.25, 0.3) is 0 Å². The first-order valence-electron chi connectivity index (χ1n) is 7.38. The molecule has 0 aliphatic rings. The van der Waals surface area contributed by atoms with Crippen molar-refractivity contribution in [3.8, 4) is 0 Å². The number of benzene rings is 1. The molecule has 24 heavy (non-hydrogen) atoms. The van der Waals surface area contributed by atoms with Crippen molar-refractivity contribution in [2.24, 2.45) is 12.2 Å². The SMILES string of the molecule is CN(CCCc1nccn1C)C(=O)Nc1cccc(S(N)(=O)=O)c1. The molecular formula is C15H21N5O3S. The molecule has 0 fully saturated rings. The van der Waals surface area contributed by atoms with Gasteiger partial charge in [0.15, 0.2) is 0 Å². The third-order valence-electron chi connectivity index (χ3n) is 3.58. The van der Waals surface area contributed by atoms with E-state index in [4.69, 9.17) is 5.14 Å². The summed E-state index contributed by atoms with van der Waals surface area (Å²) < 4.78 is 24.6. The summed E-state index contributed by atoms with van der Waals surface area (Å²) in [5, 5.41) is 7.74. The number of sulfonamides is 1. The van der Waals surface area contributed by atoms with Crippen LogP contribution in [0.2, 0.25) is 0 Å². The number of primary sulfonamides is 1. The van der Waals surface area contributed by atoms with Crippen LogP contribution < -0.4 is 10.5 Å². The van der Waals surface area contributed by atoms with Gasteiger partial charge in [-0.15, -0.1) is 0 Å². The molecule has 0 aliphatic heterocycles. The van der Waals surface area contributed by atoms with E-state index in [-0.39, 0.29) is 10.9 Å². The minimum Gasteiger partial charge on any atom is -0.338 e. The average Bonchev–Trinajstić information content (AvgIpc) is 2.92. The summed E-state index contributed by atoms with van der Waals surface area (Å²) in [6.45, 7) is 0.549. The Morgan fingerprint density at radius 3 is 2.79 bits per heavy atom. The van der Waals surface area contributed by atoms with E-state index in [9.17, 15) is 13.2 Å². The summed E-state index contributed by atoms with van der Waals surface area (Å²) in [5.41, 5.74) is 0.377. The van der Waals surface area contributed by atoms with E-state index >= 15 is 0 Å². The largest absolute Gasteiger partial charge is 0.338 e. The maximum atomic E-state index is 12.1. The maximum absolute atomic E-state index is 12.1. The predicted octanol–water partition coefficient (Wildman–Crippen LogP) is 1.16. The molecule has 8 nitrogen and oxygen atoms in total. The summed E-state index contributed by atoms with van der Waals surface area (Å²) in [7, 11) is -0.193. The van der Waals surface area contributed by atoms with E-state index in [1.165, 1.54) is 23.1 Å². The van der Waals surface area contributed by atoms with Gasteiger partial charge in [-0.05, 0) is 24.6 Å². The van der Waals surface area contributed by atoms with Gasteiger partial charge in [-0.3, -0.25) is 0 Å². The highest BCUT2D eigenvalue weighted by molar-refractivity contribution is 7.89. The Morgan fingerprint density at radius 2 is 2.17 bits per heavy atom. The molecule has 0 radical (unpaired) electrons. The Kier molecular flexibility index (Phi) is 5.58. The van der Waals surface area contributed by atoms with Crippen LogP contribution in [0.15, 0.2) is 41.6 Å². The molecule has 0 atom stereocenters. The molecule has 9 heteroatoms. The first-order valence-corrected chi connectivity index (χ1v) is 8.93. The lowest BCUT2D eigenvalue weighted by atomic mass is 10.3. The van der Waals surface area contributed by atoms with Crippen molar-refractivity contribution in [3.05, 3.63) is 42.5 Å². The second-order valence-corrected chi connectivity index (χ2v) is 7.04. The topological polar surface area (TPSA) is 110 Å².